The summed E-state index contributed by atoms with van der Waals surface area (Å²) in [6, 6.07) is 8.36. The second kappa shape index (κ2) is 2.81. The Hall–Kier alpha value is -1.37. The van der Waals surface area contributed by atoms with Crippen LogP contribution in [0.15, 0.2) is 29.8 Å². The minimum atomic E-state index is 0.359. The van der Waals surface area contributed by atoms with Crippen molar-refractivity contribution >= 4 is 11.9 Å². The van der Waals surface area contributed by atoms with E-state index in [1.165, 1.54) is 11.1 Å². The summed E-state index contributed by atoms with van der Waals surface area (Å²) >= 11 is 0. The standard InChI is InChI=1S/C13H12O/c14-13-7-3-6-11-10-5-2-1-4-9(10)8-12(11)13/h1-2,4-5,8,11H,3,6-7H2. The Kier molecular flexibility index (Phi) is 1.60. The number of hydrogen-bond acceptors (Lipinski definition) is 1. The molecule has 0 spiro atoms. The Morgan fingerprint density at radius 2 is 2.07 bits per heavy atom. The molecule has 0 radical (unpaired) electrons. The van der Waals surface area contributed by atoms with Crippen LogP contribution in [0.25, 0.3) is 6.08 Å². The van der Waals surface area contributed by atoms with Crippen molar-refractivity contribution in [1.29, 1.82) is 0 Å². The highest BCUT2D eigenvalue weighted by molar-refractivity contribution is 6.03. The number of carbonyl (C=O) groups is 1. The van der Waals surface area contributed by atoms with Crippen molar-refractivity contribution in [2.45, 2.75) is 25.2 Å². The molecular formula is C13H12O. The fourth-order valence-corrected chi connectivity index (χ4v) is 2.59. The fourth-order valence-electron chi connectivity index (χ4n) is 2.59. The molecule has 1 heteroatoms. The zero-order chi connectivity index (χ0) is 9.54. The van der Waals surface area contributed by atoms with E-state index < -0.39 is 0 Å². The molecule has 0 aliphatic heterocycles. The molecule has 1 saturated carbocycles. The SMILES string of the molecule is O=C1CCCC2C1=Cc1ccccc12. The predicted octanol–water partition coefficient (Wildman–Crippen LogP) is 2.92. The maximum absolute atomic E-state index is 11.7. The van der Waals surface area contributed by atoms with Gasteiger partial charge in [-0.25, -0.2) is 0 Å². The maximum Gasteiger partial charge on any atom is 0.159 e. The van der Waals surface area contributed by atoms with Crippen molar-refractivity contribution in [3.63, 3.8) is 0 Å². The third-order valence-corrected chi connectivity index (χ3v) is 3.28. The van der Waals surface area contributed by atoms with E-state index in [0.29, 0.717) is 11.7 Å². The lowest BCUT2D eigenvalue weighted by atomic mass is 9.83. The first-order chi connectivity index (χ1) is 6.86. The molecule has 2 aliphatic carbocycles. The molecule has 0 saturated heterocycles. The van der Waals surface area contributed by atoms with Crippen molar-refractivity contribution in [1.82, 2.24) is 0 Å². The normalized spacial score (nSPS) is 24.1. The van der Waals surface area contributed by atoms with E-state index in [0.717, 1.165) is 24.8 Å². The Balaban J connectivity index is 2.13. The fraction of sp³-hybridized carbons (Fsp3) is 0.308. The first-order valence-corrected chi connectivity index (χ1v) is 5.20. The minimum absolute atomic E-state index is 0.359. The van der Waals surface area contributed by atoms with Gasteiger partial charge in [0.05, 0.1) is 0 Å². The monoisotopic (exact) mass is 184 g/mol. The average molecular weight is 184 g/mol. The van der Waals surface area contributed by atoms with Gasteiger partial charge in [0.15, 0.2) is 5.78 Å². The molecule has 0 aromatic heterocycles. The molecule has 0 bridgehead atoms. The summed E-state index contributed by atoms with van der Waals surface area (Å²) in [5, 5.41) is 0. The van der Waals surface area contributed by atoms with Gasteiger partial charge >= 0.3 is 0 Å². The Morgan fingerprint density at radius 3 is 3.00 bits per heavy atom. The maximum atomic E-state index is 11.7. The summed E-state index contributed by atoms with van der Waals surface area (Å²) < 4.78 is 0. The third-order valence-electron chi connectivity index (χ3n) is 3.28. The summed E-state index contributed by atoms with van der Waals surface area (Å²) in [5.41, 5.74) is 3.66. The van der Waals surface area contributed by atoms with Crippen LogP contribution in [0.4, 0.5) is 0 Å². The summed E-state index contributed by atoms with van der Waals surface area (Å²) in [5.74, 6) is 0.768. The molecule has 14 heavy (non-hydrogen) atoms. The molecular weight excluding hydrogens is 172 g/mol. The lowest BCUT2D eigenvalue weighted by Crippen LogP contribution is -2.14. The van der Waals surface area contributed by atoms with Crippen molar-refractivity contribution < 1.29 is 4.79 Å². The smallest absolute Gasteiger partial charge is 0.159 e. The van der Waals surface area contributed by atoms with Crippen LogP contribution in [0.3, 0.4) is 0 Å². The molecule has 1 fully saturated rings. The van der Waals surface area contributed by atoms with E-state index in [4.69, 9.17) is 0 Å². The van der Waals surface area contributed by atoms with E-state index in [1.54, 1.807) is 0 Å². The van der Waals surface area contributed by atoms with Crippen LogP contribution in [-0.4, -0.2) is 5.78 Å². The van der Waals surface area contributed by atoms with Gasteiger partial charge in [0.25, 0.3) is 0 Å². The van der Waals surface area contributed by atoms with Gasteiger partial charge in [-0.3, -0.25) is 4.79 Å². The van der Waals surface area contributed by atoms with Crippen molar-refractivity contribution in [2.24, 2.45) is 0 Å². The van der Waals surface area contributed by atoms with Gasteiger partial charge in [-0.1, -0.05) is 24.3 Å². The molecule has 1 aromatic carbocycles. The number of hydrogen-bond donors (Lipinski definition) is 0. The van der Waals surface area contributed by atoms with Crippen LogP contribution >= 0.6 is 0 Å². The van der Waals surface area contributed by atoms with Gasteiger partial charge in [0, 0.05) is 17.9 Å². The van der Waals surface area contributed by atoms with Crippen LogP contribution in [0.5, 0.6) is 0 Å². The second-order valence-corrected chi connectivity index (χ2v) is 4.10. The molecule has 1 atom stereocenters. The third kappa shape index (κ3) is 0.985. The van der Waals surface area contributed by atoms with E-state index >= 15 is 0 Å². The highest BCUT2D eigenvalue weighted by Gasteiger charge is 2.31. The van der Waals surface area contributed by atoms with Gasteiger partial charge in [0.2, 0.25) is 0 Å². The number of Topliss-reactive ketones (excluding diaryl/α,β-unsaturated/α-hetero) is 1. The number of carbonyl (C=O) groups excluding carboxylic acids is 1. The van der Waals surface area contributed by atoms with Gasteiger partial charge in [-0.2, -0.15) is 0 Å². The molecule has 0 N–H and O–H groups in total. The largest absolute Gasteiger partial charge is 0.295 e. The van der Waals surface area contributed by atoms with Crippen molar-refractivity contribution in [3.05, 3.63) is 41.0 Å². The Morgan fingerprint density at radius 1 is 1.21 bits per heavy atom. The molecule has 2 aliphatic rings. The van der Waals surface area contributed by atoms with Crippen LogP contribution in [0.1, 0.15) is 36.3 Å². The number of ketones is 1. The molecule has 1 nitrogen and oxygen atoms in total. The van der Waals surface area contributed by atoms with E-state index in [1.807, 2.05) is 6.07 Å². The number of allylic oxidation sites excluding steroid dienone is 1. The van der Waals surface area contributed by atoms with Gasteiger partial charge in [-0.15, -0.1) is 0 Å². The van der Waals surface area contributed by atoms with Crippen molar-refractivity contribution in [2.75, 3.05) is 0 Å². The van der Waals surface area contributed by atoms with Crippen LogP contribution < -0.4 is 0 Å². The lowest BCUT2D eigenvalue weighted by Gasteiger charge is -2.20. The van der Waals surface area contributed by atoms with E-state index in [2.05, 4.69) is 24.3 Å². The van der Waals surface area contributed by atoms with Crippen molar-refractivity contribution in [3.8, 4) is 0 Å². The zero-order valence-corrected chi connectivity index (χ0v) is 7.99. The molecule has 70 valence electrons. The zero-order valence-electron chi connectivity index (χ0n) is 7.99. The first-order valence-electron chi connectivity index (χ1n) is 5.20. The number of benzene rings is 1. The predicted molar refractivity (Wildman–Crippen MR) is 56.0 cm³/mol. The highest BCUT2D eigenvalue weighted by Crippen LogP contribution is 2.43. The van der Waals surface area contributed by atoms with Gasteiger partial charge in [-0.05, 0) is 30.0 Å². The van der Waals surface area contributed by atoms with E-state index in [-0.39, 0.29) is 0 Å². The second-order valence-electron chi connectivity index (χ2n) is 4.10. The molecule has 0 heterocycles. The van der Waals surface area contributed by atoms with Crippen LogP contribution in [-0.2, 0) is 4.79 Å². The lowest BCUT2D eigenvalue weighted by molar-refractivity contribution is -0.116. The summed E-state index contributed by atoms with van der Waals surface area (Å²) in [4.78, 5) is 11.7. The number of rotatable bonds is 0. The van der Waals surface area contributed by atoms with Gasteiger partial charge < -0.3 is 0 Å². The van der Waals surface area contributed by atoms with Crippen LogP contribution in [0, 0.1) is 0 Å². The minimum Gasteiger partial charge on any atom is -0.295 e. The molecule has 0 amide bonds. The first kappa shape index (κ1) is 7.98. The Bertz CT molecular complexity index is 429. The van der Waals surface area contributed by atoms with E-state index in [9.17, 15) is 4.79 Å². The molecule has 3 rings (SSSR count). The number of fused-ring (bicyclic) bond motifs is 3. The molecule has 1 unspecified atom stereocenters. The summed E-state index contributed by atoms with van der Waals surface area (Å²) in [6.07, 6.45) is 5.03. The topological polar surface area (TPSA) is 17.1 Å². The summed E-state index contributed by atoms with van der Waals surface area (Å²) in [6.45, 7) is 0. The molecule has 1 aromatic rings. The average Bonchev–Trinajstić information content (AvgIpc) is 2.59. The van der Waals surface area contributed by atoms with Gasteiger partial charge in [0.1, 0.15) is 0 Å². The summed E-state index contributed by atoms with van der Waals surface area (Å²) in [7, 11) is 0. The quantitative estimate of drug-likeness (QED) is 0.606. The van der Waals surface area contributed by atoms with Crippen LogP contribution in [0.2, 0.25) is 0 Å². The Labute approximate surface area is 83.4 Å². The highest BCUT2D eigenvalue weighted by atomic mass is 16.1.